The first-order valence-electron chi connectivity index (χ1n) is 11.9. The summed E-state index contributed by atoms with van der Waals surface area (Å²) in [5.74, 6) is 0.196. The zero-order valence-electron chi connectivity index (χ0n) is 21.0. The number of hydrogen-bond donors (Lipinski definition) is 2. The fraction of sp³-hybridized carbons (Fsp3) is 0.444. The second-order valence-corrected chi connectivity index (χ2v) is 10.4. The lowest BCUT2D eigenvalue weighted by atomic mass is 9.83. The van der Waals surface area contributed by atoms with Gasteiger partial charge in [-0.15, -0.1) is 0 Å². The van der Waals surface area contributed by atoms with Gasteiger partial charge in [-0.25, -0.2) is 4.99 Å². The lowest BCUT2D eigenvalue weighted by Gasteiger charge is -2.30. The number of amides is 1. The molecule has 0 radical (unpaired) electrons. The normalized spacial score (nSPS) is 19.3. The third-order valence-corrected chi connectivity index (χ3v) is 6.09. The van der Waals surface area contributed by atoms with E-state index in [4.69, 9.17) is 24.3 Å². The number of aliphatic hydroxyl groups is 1. The maximum Gasteiger partial charge on any atom is 0.306 e. The van der Waals surface area contributed by atoms with Gasteiger partial charge in [-0.05, 0) is 69.2 Å². The number of aliphatic hydroxyl groups excluding tert-OH is 1. The van der Waals surface area contributed by atoms with Crippen LogP contribution in [-0.4, -0.2) is 54.3 Å². The van der Waals surface area contributed by atoms with Crippen molar-refractivity contribution in [1.82, 2.24) is 5.32 Å². The van der Waals surface area contributed by atoms with E-state index in [9.17, 15) is 9.59 Å². The summed E-state index contributed by atoms with van der Waals surface area (Å²) in [6.07, 6.45) is -0.106. The average Bonchev–Trinajstić information content (AvgIpc) is 3.23. The minimum absolute atomic E-state index is 0.00447. The van der Waals surface area contributed by atoms with Gasteiger partial charge >= 0.3 is 5.97 Å². The largest absolute Gasteiger partial charge is 0.494 e. The molecule has 36 heavy (non-hydrogen) atoms. The van der Waals surface area contributed by atoms with Gasteiger partial charge in [0.2, 0.25) is 5.90 Å². The fourth-order valence-electron chi connectivity index (χ4n) is 3.91. The van der Waals surface area contributed by atoms with Gasteiger partial charge in [-0.1, -0.05) is 28.1 Å². The van der Waals surface area contributed by atoms with Crippen molar-refractivity contribution in [1.29, 1.82) is 0 Å². The first kappa shape index (κ1) is 27.7. The van der Waals surface area contributed by atoms with Crippen LogP contribution in [0.2, 0.25) is 0 Å². The number of carbonyl (C=O) groups is 2. The van der Waals surface area contributed by atoms with E-state index in [1.807, 2.05) is 24.3 Å². The minimum Gasteiger partial charge on any atom is -0.494 e. The van der Waals surface area contributed by atoms with Crippen LogP contribution in [0.15, 0.2) is 58.0 Å². The Hall–Kier alpha value is -2.91. The van der Waals surface area contributed by atoms with Crippen molar-refractivity contribution in [3.8, 4) is 5.75 Å². The van der Waals surface area contributed by atoms with Gasteiger partial charge < -0.3 is 24.6 Å². The van der Waals surface area contributed by atoms with Gasteiger partial charge in [0.15, 0.2) is 11.6 Å². The van der Waals surface area contributed by atoms with Gasteiger partial charge in [0.05, 0.1) is 6.61 Å². The summed E-state index contributed by atoms with van der Waals surface area (Å²) >= 11 is 3.44. The molecule has 1 amide bonds. The highest BCUT2D eigenvalue weighted by Crippen LogP contribution is 2.43. The Labute approximate surface area is 220 Å². The van der Waals surface area contributed by atoms with Crippen LogP contribution in [0.4, 0.5) is 0 Å². The monoisotopic (exact) mass is 560 g/mol. The van der Waals surface area contributed by atoms with Crippen LogP contribution >= 0.6 is 15.9 Å². The van der Waals surface area contributed by atoms with Crippen molar-refractivity contribution in [2.75, 3.05) is 20.3 Å². The lowest BCUT2D eigenvalue weighted by molar-refractivity contribution is -0.155. The zero-order valence-corrected chi connectivity index (χ0v) is 22.6. The number of rotatable bonds is 10. The van der Waals surface area contributed by atoms with Crippen molar-refractivity contribution in [2.45, 2.75) is 57.3 Å². The molecule has 0 saturated heterocycles. The Morgan fingerprint density at radius 2 is 1.81 bits per heavy atom. The van der Waals surface area contributed by atoms with Crippen LogP contribution in [0.3, 0.4) is 0 Å². The van der Waals surface area contributed by atoms with Crippen LogP contribution < -0.4 is 10.1 Å². The molecule has 0 aliphatic carbocycles. The van der Waals surface area contributed by atoms with E-state index < -0.39 is 23.2 Å². The molecule has 1 aliphatic heterocycles. The molecule has 8 nitrogen and oxygen atoms in total. The van der Waals surface area contributed by atoms with Crippen LogP contribution in [0.1, 0.15) is 57.3 Å². The van der Waals surface area contributed by atoms with Gasteiger partial charge in [0, 0.05) is 36.5 Å². The summed E-state index contributed by atoms with van der Waals surface area (Å²) < 4.78 is 18.3. The molecule has 1 aliphatic rings. The van der Waals surface area contributed by atoms with Gasteiger partial charge in [0.1, 0.15) is 11.4 Å². The maximum atomic E-state index is 13.4. The smallest absolute Gasteiger partial charge is 0.306 e. The predicted octanol–water partition coefficient (Wildman–Crippen LogP) is 4.34. The quantitative estimate of drug-likeness (QED) is 0.331. The van der Waals surface area contributed by atoms with Crippen molar-refractivity contribution >= 4 is 33.7 Å². The van der Waals surface area contributed by atoms with Gasteiger partial charge in [-0.3, -0.25) is 9.59 Å². The molecule has 0 saturated carbocycles. The standard InChI is InChI=1S/C27H33BrN2O6/c1-26(2,3)36-22(32)14-15-27(25(33)29-4)23(18-6-10-20(28)11-7-18)35-24(30-27)19-8-12-21(13-9-19)34-17-5-16-31/h6-13,23,31H,5,14-17H2,1-4H3,(H,29,33)/t23-,27-/m1/s1. The molecule has 194 valence electrons. The van der Waals surface area contributed by atoms with Crippen LogP contribution in [0.25, 0.3) is 0 Å². The molecule has 2 aromatic carbocycles. The fourth-order valence-corrected chi connectivity index (χ4v) is 4.17. The van der Waals surface area contributed by atoms with E-state index in [0.29, 0.717) is 30.2 Å². The highest BCUT2D eigenvalue weighted by molar-refractivity contribution is 9.10. The van der Waals surface area contributed by atoms with Crippen LogP contribution in [0, 0.1) is 0 Å². The predicted molar refractivity (Wildman–Crippen MR) is 140 cm³/mol. The molecule has 0 aromatic heterocycles. The summed E-state index contributed by atoms with van der Waals surface area (Å²) in [7, 11) is 1.54. The SMILES string of the molecule is CNC(=O)[C@]1(CCC(=O)OC(C)(C)C)N=C(c2ccc(OCCCO)cc2)O[C@@H]1c1ccc(Br)cc1. The lowest BCUT2D eigenvalue weighted by Crippen LogP contribution is -2.47. The molecule has 0 fully saturated rings. The van der Waals surface area contributed by atoms with E-state index in [1.54, 1.807) is 52.1 Å². The first-order chi connectivity index (χ1) is 17.1. The summed E-state index contributed by atoms with van der Waals surface area (Å²) in [4.78, 5) is 30.7. The number of halogens is 1. The Morgan fingerprint density at radius 1 is 1.14 bits per heavy atom. The average molecular weight is 561 g/mol. The Morgan fingerprint density at radius 3 is 2.39 bits per heavy atom. The summed E-state index contributed by atoms with van der Waals surface area (Å²) in [6, 6.07) is 14.7. The van der Waals surface area contributed by atoms with Crippen LogP contribution in [0.5, 0.6) is 5.75 Å². The van der Waals surface area contributed by atoms with Crippen LogP contribution in [-0.2, 0) is 19.1 Å². The number of likely N-dealkylation sites (N-methyl/N-ethyl adjacent to an activating group) is 1. The molecule has 3 rings (SSSR count). The molecule has 1 heterocycles. The van der Waals surface area contributed by atoms with E-state index in [2.05, 4.69) is 21.2 Å². The minimum atomic E-state index is -1.37. The molecule has 0 spiro atoms. The third-order valence-electron chi connectivity index (χ3n) is 5.56. The van der Waals surface area contributed by atoms with E-state index in [-0.39, 0.29) is 25.4 Å². The molecular formula is C27H33BrN2O6. The van der Waals surface area contributed by atoms with E-state index >= 15 is 0 Å². The second kappa shape index (κ2) is 11.9. The highest BCUT2D eigenvalue weighted by atomic mass is 79.9. The number of hydrogen-bond acceptors (Lipinski definition) is 7. The third kappa shape index (κ3) is 6.85. The summed E-state index contributed by atoms with van der Waals surface area (Å²) in [5, 5.41) is 11.6. The number of nitrogens with zero attached hydrogens (tertiary/aromatic N) is 1. The van der Waals surface area contributed by atoms with Crippen molar-refractivity contribution in [3.63, 3.8) is 0 Å². The Kier molecular flexibility index (Phi) is 9.13. The molecule has 2 atom stereocenters. The topological polar surface area (TPSA) is 106 Å². The van der Waals surface area contributed by atoms with Crippen molar-refractivity contribution in [2.24, 2.45) is 4.99 Å². The molecule has 0 bridgehead atoms. The number of ether oxygens (including phenoxy) is 3. The second-order valence-electron chi connectivity index (χ2n) is 9.51. The number of aliphatic imine (C=N–C) groups is 1. The zero-order chi connectivity index (χ0) is 26.3. The number of esters is 1. The summed E-state index contributed by atoms with van der Waals surface area (Å²) in [5.41, 5.74) is -0.571. The number of benzene rings is 2. The molecule has 0 unspecified atom stereocenters. The van der Waals surface area contributed by atoms with E-state index in [1.165, 1.54) is 0 Å². The summed E-state index contributed by atoms with van der Waals surface area (Å²) in [6.45, 7) is 5.87. The first-order valence-corrected chi connectivity index (χ1v) is 12.7. The molecule has 2 aromatic rings. The Balaban J connectivity index is 1.96. The molecular weight excluding hydrogens is 528 g/mol. The van der Waals surface area contributed by atoms with Gasteiger partial charge in [0.25, 0.3) is 5.91 Å². The number of nitrogens with one attached hydrogen (secondary N) is 1. The number of carbonyl (C=O) groups excluding carboxylic acids is 2. The highest BCUT2D eigenvalue weighted by Gasteiger charge is 2.53. The Bertz CT molecular complexity index is 1080. The van der Waals surface area contributed by atoms with Gasteiger partial charge in [-0.2, -0.15) is 0 Å². The maximum absolute atomic E-state index is 13.4. The molecule has 2 N–H and O–H groups in total. The molecule has 9 heteroatoms. The van der Waals surface area contributed by atoms with E-state index in [0.717, 1.165) is 10.0 Å². The van der Waals surface area contributed by atoms with Crippen molar-refractivity contribution < 1.29 is 28.9 Å². The van der Waals surface area contributed by atoms with Crippen molar-refractivity contribution in [3.05, 3.63) is 64.1 Å².